The molecule has 0 unspecified atom stereocenters. The molecule has 1 fully saturated rings. The number of nitrogens with one attached hydrogen (secondary N) is 1. The minimum Gasteiger partial charge on any atom is -0.339 e. The molecule has 100 valence electrons. The molecule has 1 saturated heterocycles. The van der Waals surface area contributed by atoms with Crippen LogP contribution in [0.5, 0.6) is 0 Å². The largest absolute Gasteiger partial charge is 0.339 e. The molecule has 1 aromatic rings. The maximum absolute atomic E-state index is 4.64. The van der Waals surface area contributed by atoms with Gasteiger partial charge in [-0.25, -0.2) is 9.97 Å². The number of hydrogen-bond donors (Lipinski definition) is 1. The molecular formula is C13H22N4S. The molecule has 0 saturated carbocycles. The number of rotatable bonds is 5. The SMILES string of the molecule is CCCNCc1cnc(N2CCSCC2)nc1C. The van der Waals surface area contributed by atoms with E-state index in [4.69, 9.17) is 0 Å². The molecule has 0 atom stereocenters. The standard InChI is InChI=1S/C13H22N4S/c1-3-4-14-9-12-10-15-13(16-11(12)2)17-5-7-18-8-6-17/h10,14H,3-9H2,1-2H3. The Balaban J connectivity index is 1.99. The second kappa shape index (κ2) is 6.95. The van der Waals surface area contributed by atoms with Crippen molar-refractivity contribution in [3.05, 3.63) is 17.5 Å². The second-order valence-electron chi connectivity index (χ2n) is 4.56. The molecule has 0 radical (unpaired) electrons. The molecule has 1 aliphatic heterocycles. The van der Waals surface area contributed by atoms with Crippen LogP contribution in [0.4, 0.5) is 5.95 Å². The van der Waals surface area contributed by atoms with Crippen LogP contribution in [0.3, 0.4) is 0 Å². The van der Waals surface area contributed by atoms with Crippen LogP contribution in [0.2, 0.25) is 0 Å². The summed E-state index contributed by atoms with van der Waals surface area (Å²) >= 11 is 2.01. The van der Waals surface area contributed by atoms with Crippen LogP contribution in [0.15, 0.2) is 6.20 Å². The molecule has 18 heavy (non-hydrogen) atoms. The van der Waals surface area contributed by atoms with Crippen LogP contribution in [-0.4, -0.2) is 41.1 Å². The Kier molecular flexibility index (Phi) is 5.26. The highest BCUT2D eigenvalue weighted by atomic mass is 32.2. The summed E-state index contributed by atoms with van der Waals surface area (Å²) in [4.78, 5) is 11.4. The number of aryl methyl sites for hydroxylation is 1. The Morgan fingerprint density at radius 2 is 2.17 bits per heavy atom. The maximum Gasteiger partial charge on any atom is 0.225 e. The first kappa shape index (κ1) is 13.6. The molecule has 0 amide bonds. The maximum atomic E-state index is 4.64. The second-order valence-corrected chi connectivity index (χ2v) is 5.78. The molecule has 0 bridgehead atoms. The first-order valence-electron chi connectivity index (χ1n) is 6.67. The number of thioether (sulfide) groups is 1. The molecule has 2 rings (SSSR count). The Labute approximate surface area is 114 Å². The average molecular weight is 266 g/mol. The third-order valence-electron chi connectivity index (χ3n) is 3.10. The lowest BCUT2D eigenvalue weighted by molar-refractivity contribution is 0.667. The number of anilines is 1. The third-order valence-corrected chi connectivity index (χ3v) is 4.05. The molecule has 0 aliphatic carbocycles. The van der Waals surface area contributed by atoms with E-state index in [1.54, 1.807) is 0 Å². The fourth-order valence-corrected chi connectivity index (χ4v) is 2.87. The number of aromatic nitrogens is 2. The third kappa shape index (κ3) is 3.59. The van der Waals surface area contributed by atoms with E-state index in [0.717, 1.165) is 44.2 Å². The van der Waals surface area contributed by atoms with Crippen LogP contribution < -0.4 is 10.2 Å². The lowest BCUT2D eigenvalue weighted by Crippen LogP contribution is -2.34. The van der Waals surface area contributed by atoms with Gasteiger partial charge in [-0.1, -0.05) is 6.92 Å². The highest BCUT2D eigenvalue weighted by Gasteiger charge is 2.14. The van der Waals surface area contributed by atoms with Gasteiger partial charge in [0.25, 0.3) is 0 Å². The summed E-state index contributed by atoms with van der Waals surface area (Å²) in [6, 6.07) is 0. The predicted molar refractivity (Wildman–Crippen MR) is 78.3 cm³/mol. The van der Waals surface area contributed by atoms with Gasteiger partial charge in [0.15, 0.2) is 0 Å². The van der Waals surface area contributed by atoms with Gasteiger partial charge in [0.2, 0.25) is 5.95 Å². The van der Waals surface area contributed by atoms with Gasteiger partial charge in [0.05, 0.1) is 0 Å². The molecule has 5 heteroatoms. The van der Waals surface area contributed by atoms with E-state index in [9.17, 15) is 0 Å². The molecule has 0 aromatic carbocycles. The van der Waals surface area contributed by atoms with Crippen molar-refractivity contribution in [3.8, 4) is 0 Å². The van der Waals surface area contributed by atoms with E-state index in [2.05, 4.69) is 34.0 Å². The summed E-state index contributed by atoms with van der Waals surface area (Å²) in [5.41, 5.74) is 2.31. The van der Waals surface area contributed by atoms with Gasteiger partial charge >= 0.3 is 0 Å². The Hall–Kier alpha value is -0.810. The van der Waals surface area contributed by atoms with Gasteiger partial charge in [-0.15, -0.1) is 0 Å². The monoisotopic (exact) mass is 266 g/mol. The molecule has 0 spiro atoms. The van der Waals surface area contributed by atoms with Crippen molar-refractivity contribution < 1.29 is 0 Å². The first-order chi connectivity index (χ1) is 8.81. The summed E-state index contributed by atoms with van der Waals surface area (Å²) in [6.45, 7) is 8.30. The minimum atomic E-state index is 0.871. The smallest absolute Gasteiger partial charge is 0.225 e. The topological polar surface area (TPSA) is 41.1 Å². The molecule has 1 N–H and O–H groups in total. The van der Waals surface area contributed by atoms with Crippen LogP contribution in [-0.2, 0) is 6.54 Å². The van der Waals surface area contributed by atoms with Gasteiger partial charge < -0.3 is 10.2 Å². The average Bonchev–Trinajstić information content (AvgIpc) is 2.42. The highest BCUT2D eigenvalue weighted by molar-refractivity contribution is 7.99. The van der Waals surface area contributed by atoms with E-state index in [1.165, 1.54) is 17.1 Å². The molecule has 1 aliphatic rings. The summed E-state index contributed by atoms with van der Waals surface area (Å²) in [5, 5.41) is 3.39. The Morgan fingerprint density at radius 1 is 1.39 bits per heavy atom. The van der Waals surface area contributed by atoms with Crippen molar-refractivity contribution in [2.45, 2.75) is 26.8 Å². The number of nitrogens with zero attached hydrogens (tertiary/aromatic N) is 3. The normalized spacial score (nSPS) is 16.0. The summed E-state index contributed by atoms with van der Waals surface area (Å²) in [7, 11) is 0. The molecule has 2 heterocycles. The van der Waals surface area contributed by atoms with Gasteiger partial charge in [0, 0.05) is 48.6 Å². The van der Waals surface area contributed by atoms with Crippen LogP contribution in [0.1, 0.15) is 24.6 Å². The van der Waals surface area contributed by atoms with E-state index < -0.39 is 0 Å². The lowest BCUT2D eigenvalue weighted by Gasteiger charge is -2.26. The van der Waals surface area contributed by atoms with Crippen molar-refractivity contribution in [2.75, 3.05) is 36.0 Å². The summed E-state index contributed by atoms with van der Waals surface area (Å²) < 4.78 is 0. The van der Waals surface area contributed by atoms with Gasteiger partial charge in [-0.3, -0.25) is 0 Å². The van der Waals surface area contributed by atoms with Crippen molar-refractivity contribution >= 4 is 17.7 Å². The number of hydrogen-bond acceptors (Lipinski definition) is 5. The minimum absolute atomic E-state index is 0.871. The summed E-state index contributed by atoms with van der Waals surface area (Å²) in [5.74, 6) is 3.26. The fraction of sp³-hybridized carbons (Fsp3) is 0.692. The lowest BCUT2D eigenvalue weighted by atomic mass is 10.2. The molecular weight excluding hydrogens is 244 g/mol. The van der Waals surface area contributed by atoms with Gasteiger partial charge in [0.1, 0.15) is 0 Å². The predicted octanol–water partition coefficient (Wildman–Crippen LogP) is 1.84. The van der Waals surface area contributed by atoms with Crippen LogP contribution in [0, 0.1) is 6.92 Å². The van der Waals surface area contributed by atoms with Crippen LogP contribution in [0.25, 0.3) is 0 Å². The molecule has 4 nitrogen and oxygen atoms in total. The van der Waals surface area contributed by atoms with Crippen molar-refractivity contribution in [1.29, 1.82) is 0 Å². The van der Waals surface area contributed by atoms with Crippen molar-refractivity contribution in [2.24, 2.45) is 0 Å². The van der Waals surface area contributed by atoms with E-state index >= 15 is 0 Å². The van der Waals surface area contributed by atoms with Crippen molar-refractivity contribution in [1.82, 2.24) is 15.3 Å². The Bertz CT molecular complexity index is 377. The first-order valence-corrected chi connectivity index (χ1v) is 7.82. The van der Waals surface area contributed by atoms with Crippen LogP contribution >= 0.6 is 11.8 Å². The van der Waals surface area contributed by atoms with Gasteiger partial charge in [-0.2, -0.15) is 11.8 Å². The zero-order valence-electron chi connectivity index (χ0n) is 11.3. The summed E-state index contributed by atoms with van der Waals surface area (Å²) in [6.07, 6.45) is 3.13. The molecule has 1 aromatic heterocycles. The van der Waals surface area contributed by atoms with E-state index in [-0.39, 0.29) is 0 Å². The zero-order valence-corrected chi connectivity index (χ0v) is 12.1. The van der Waals surface area contributed by atoms with Gasteiger partial charge in [-0.05, 0) is 19.9 Å². The van der Waals surface area contributed by atoms with E-state index in [0.29, 0.717) is 0 Å². The highest BCUT2D eigenvalue weighted by Crippen LogP contribution is 2.16. The quantitative estimate of drug-likeness (QED) is 0.824. The van der Waals surface area contributed by atoms with E-state index in [1.807, 2.05) is 18.0 Å². The zero-order chi connectivity index (χ0) is 12.8. The fourth-order valence-electron chi connectivity index (χ4n) is 1.97. The van der Waals surface area contributed by atoms with Crippen molar-refractivity contribution in [3.63, 3.8) is 0 Å². The Morgan fingerprint density at radius 3 is 2.83 bits per heavy atom.